The van der Waals surface area contributed by atoms with Gasteiger partial charge in [-0.3, -0.25) is 4.79 Å². The van der Waals surface area contributed by atoms with E-state index in [1.807, 2.05) is 13.8 Å². The maximum absolute atomic E-state index is 13.0. The van der Waals surface area contributed by atoms with E-state index in [0.29, 0.717) is 55.3 Å². The van der Waals surface area contributed by atoms with Gasteiger partial charge in [0.05, 0.1) is 10.5 Å². The highest BCUT2D eigenvalue weighted by Crippen LogP contribution is 2.32. The van der Waals surface area contributed by atoms with Crippen molar-refractivity contribution in [1.82, 2.24) is 4.31 Å². The van der Waals surface area contributed by atoms with Gasteiger partial charge in [-0.2, -0.15) is 4.31 Å². The van der Waals surface area contributed by atoms with E-state index in [4.69, 9.17) is 14.2 Å². The normalized spacial score (nSPS) is 20.4. The fourth-order valence-corrected chi connectivity index (χ4v) is 5.93. The third-order valence-electron chi connectivity index (χ3n) is 5.72. The first-order valence-electron chi connectivity index (χ1n) is 11.2. The van der Waals surface area contributed by atoms with Crippen molar-refractivity contribution in [3.8, 4) is 11.5 Å². The summed E-state index contributed by atoms with van der Waals surface area (Å²) in [6, 6.07) is 10.6. The van der Waals surface area contributed by atoms with Gasteiger partial charge in [0.2, 0.25) is 10.0 Å². The molecule has 0 radical (unpaired) electrons. The van der Waals surface area contributed by atoms with Crippen molar-refractivity contribution in [3.63, 3.8) is 0 Å². The van der Waals surface area contributed by atoms with Crippen LogP contribution in [0.4, 0.5) is 5.69 Å². The Morgan fingerprint density at radius 3 is 2.32 bits per heavy atom. The summed E-state index contributed by atoms with van der Waals surface area (Å²) in [5.41, 5.74) is 0.646. The molecule has 0 aliphatic carbocycles. The molecule has 1 fully saturated rings. The summed E-state index contributed by atoms with van der Waals surface area (Å²) in [5, 5.41) is 2.63. The summed E-state index contributed by atoms with van der Waals surface area (Å²) in [4.78, 5) is 24.7. The van der Waals surface area contributed by atoms with Crippen molar-refractivity contribution in [2.24, 2.45) is 11.8 Å². The summed E-state index contributed by atoms with van der Waals surface area (Å²) >= 11 is 0. The Labute approximate surface area is 199 Å². The van der Waals surface area contributed by atoms with Crippen LogP contribution in [0.15, 0.2) is 47.4 Å². The second-order valence-electron chi connectivity index (χ2n) is 8.78. The highest BCUT2D eigenvalue weighted by atomic mass is 32.2. The smallest absolute Gasteiger partial charge is 0.338 e. The number of benzene rings is 2. The van der Waals surface area contributed by atoms with Crippen molar-refractivity contribution >= 4 is 27.6 Å². The summed E-state index contributed by atoms with van der Waals surface area (Å²) in [6.07, 6.45) is 0.999. The van der Waals surface area contributed by atoms with E-state index in [2.05, 4.69) is 5.32 Å². The fourth-order valence-electron chi connectivity index (χ4n) is 4.25. The standard InChI is InChI=1S/C24H28N2O7S/c1-16-11-17(2)14-26(13-16)34(29,30)20-6-3-18(4-7-20)24(28)33-15-23(27)25-19-5-8-21-22(12-19)32-10-9-31-21/h3-8,12,16-17H,9-11,13-15H2,1-2H3,(H,25,27)/t16-,17-/m1/s1. The summed E-state index contributed by atoms with van der Waals surface area (Å²) < 4.78 is 43.4. The number of piperidine rings is 1. The molecule has 34 heavy (non-hydrogen) atoms. The number of ether oxygens (including phenoxy) is 3. The van der Waals surface area contributed by atoms with Gasteiger partial charge in [-0.1, -0.05) is 13.8 Å². The maximum Gasteiger partial charge on any atom is 0.338 e. The second kappa shape index (κ2) is 10.0. The van der Waals surface area contributed by atoms with E-state index in [1.165, 1.54) is 28.6 Å². The lowest BCUT2D eigenvalue weighted by Crippen LogP contribution is -2.42. The number of rotatable bonds is 6. The molecule has 9 nitrogen and oxygen atoms in total. The molecule has 2 aromatic carbocycles. The van der Waals surface area contributed by atoms with Crippen LogP contribution >= 0.6 is 0 Å². The minimum atomic E-state index is -3.64. The molecule has 2 heterocycles. The van der Waals surface area contributed by atoms with E-state index in [0.717, 1.165) is 6.42 Å². The molecule has 2 atom stereocenters. The van der Waals surface area contributed by atoms with Crippen molar-refractivity contribution in [2.75, 3.05) is 38.2 Å². The van der Waals surface area contributed by atoms with Gasteiger partial charge in [0.25, 0.3) is 5.91 Å². The molecule has 1 amide bonds. The van der Waals surface area contributed by atoms with Gasteiger partial charge in [0, 0.05) is 24.8 Å². The lowest BCUT2D eigenvalue weighted by atomic mass is 9.94. The lowest BCUT2D eigenvalue weighted by Gasteiger charge is -2.34. The van der Waals surface area contributed by atoms with E-state index >= 15 is 0 Å². The van der Waals surface area contributed by atoms with Crippen LogP contribution in [-0.4, -0.2) is 57.5 Å². The predicted molar refractivity (Wildman–Crippen MR) is 124 cm³/mol. The zero-order valence-electron chi connectivity index (χ0n) is 19.2. The first-order chi connectivity index (χ1) is 16.2. The van der Waals surface area contributed by atoms with Crippen LogP contribution in [0, 0.1) is 11.8 Å². The zero-order valence-corrected chi connectivity index (χ0v) is 20.0. The second-order valence-corrected chi connectivity index (χ2v) is 10.7. The van der Waals surface area contributed by atoms with Crippen molar-refractivity contribution < 1.29 is 32.2 Å². The van der Waals surface area contributed by atoms with E-state index in [-0.39, 0.29) is 10.5 Å². The van der Waals surface area contributed by atoms with Gasteiger partial charge < -0.3 is 19.5 Å². The molecule has 4 rings (SSSR count). The fraction of sp³-hybridized carbons (Fsp3) is 0.417. The highest BCUT2D eigenvalue weighted by Gasteiger charge is 2.31. The topological polar surface area (TPSA) is 111 Å². The number of esters is 1. The number of hydrogen-bond donors (Lipinski definition) is 1. The van der Waals surface area contributed by atoms with Crippen LogP contribution in [0.25, 0.3) is 0 Å². The molecule has 0 aromatic heterocycles. The van der Waals surface area contributed by atoms with Gasteiger partial charge in [-0.25, -0.2) is 13.2 Å². The molecule has 2 aromatic rings. The first kappa shape index (κ1) is 24.0. The Morgan fingerprint density at radius 1 is 1.00 bits per heavy atom. The molecular weight excluding hydrogens is 460 g/mol. The number of carbonyl (C=O) groups is 2. The minimum Gasteiger partial charge on any atom is -0.486 e. The minimum absolute atomic E-state index is 0.127. The Balaban J connectivity index is 1.32. The lowest BCUT2D eigenvalue weighted by molar-refractivity contribution is -0.119. The van der Waals surface area contributed by atoms with Crippen LogP contribution in [0.1, 0.15) is 30.6 Å². The number of anilines is 1. The first-order valence-corrected chi connectivity index (χ1v) is 12.6. The Morgan fingerprint density at radius 2 is 1.65 bits per heavy atom. The summed E-state index contributed by atoms with van der Waals surface area (Å²) in [6.45, 7) is 5.46. The number of fused-ring (bicyclic) bond motifs is 1. The number of amides is 1. The monoisotopic (exact) mass is 488 g/mol. The quantitative estimate of drug-likeness (QED) is 0.623. The number of carbonyl (C=O) groups excluding carboxylic acids is 2. The van der Waals surface area contributed by atoms with Crippen molar-refractivity contribution in [2.45, 2.75) is 25.2 Å². The Kier molecular flexibility index (Phi) is 7.08. The molecule has 0 unspecified atom stereocenters. The third kappa shape index (κ3) is 5.51. The zero-order chi connectivity index (χ0) is 24.3. The van der Waals surface area contributed by atoms with Crippen LogP contribution in [0.3, 0.4) is 0 Å². The van der Waals surface area contributed by atoms with Gasteiger partial charge in [-0.15, -0.1) is 0 Å². The van der Waals surface area contributed by atoms with Crippen LogP contribution in [0.2, 0.25) is 0 Å². The van der Waals surface area contributed by atoms with Crippen LogP contribution in [-0.2, 0) is 19.6 Å². The van der Waals surface area contributed by atoms with E-state index in [9.17, 15) is 18.0 Å². The average molecular weight is 489 g/mol. The molecule has 2 aliphatic heterocycles. The third-order valence-corrected chi connectivity index (χ3v) is 7.57. The molecule has 2 aliphatic rings. The number of nitrogens with zero attached hydrogens (tertiary/aromatic N) is 1. The molecule has 0 bridgehead atoms. The maximum atomic E-state index is 13.0. The number of sulfonamides is 1. The largest absolute Gasteiger partial charge is 0.486 e. The number of hydrogen-bond acceptors (Lipinski definition) is 7. The highest BCUT2D eigenvalue weighted by molar-refractivity contribution is 7.89. The van der Waals surface area contributed by atoms with Gasteiger partial charge in [0.15, 0.2) is 18.1 Å². The predicted octanol–water partition coefficient (Wildman–Crippen LogP) is 2.92. The summed E-state index contributed by atoms with van der Waals surface area (Å²) in [7, 11) is -3.64. The Bertz CT molecular complexity index is 1150. The molecule has 10 heteroatoms. The molecule has 1 N–H and O–H groups in total. The summed E-state index contributed by atoms with van der Waals surface area (Å²) in [5.74, 6) is 0.483. The van der Waals surface area contributed by atoms with E-state index < -0.39 is 28.5 Å². The van der Waals surface area contributed by atoms with Gasteiger partial charge in [-0.05, 0) is 54.7 Å². The molecule has 1 saturated heterocycles. The SMILES string of the molecule is C[C@@H]1C[C@@H](C)CN(S(=O)(=O)c2ccc(C(=O)OCC(=O)Nc3ccc4c(c3)OCCO4)cc2)C1. The van der Waals surface area contributed by atoms with Crippen LogP contribution in [0.5, 0.6) is 11.5 Å². The molecular formula is C24H28N2O7S. The molecule has 0 spiro atoms. The molecule has 0 saturated carbocycles. The van der Waals surface area contributed by atoms with Gasteiger partial charge >= 0.3 is 5.97 Å². The van der Waals surface area contributed by atoms with Crippen LogP contribution < -0.4 is 14.8 Å². The van der Waals surface area contributed by atoms with E-state index in [1.54, 1.807) is 18.2 Å². The Hall–Kier alpha value is -3.11. The van der Waals surface area contributed by atoms with Crippen molar-refractivity contribution in [3.05, 3.63) is 48.0 Å². The van der Waals surface area contributed by atoms with Crippen molar-refractivity contribution in [1.29, 1.82) is 0 Å². The number of nitrogens with one attached hydrogen (secondary N) is 1. The van der Waals surface area contributed by atoms with Gasteiger partial charge in [0.1, 0.15) is 13.2 Å². The molecule has 182 valence electrons. The average Bonchev–Trinajstić information content (AvgIpc) is 2.82.